The SMILES string of the molecule is CC1CC(=O)NC(C2CC2)C(=O)N1Cc1ccncc1. The first-order valence-corrected chi connectivity index (χ1v) is 7.14. The van der Waals surface area contributed by atoms with Gasteiger partial charge in [-0.15, -0.1) is 0 Å². The van der Waals surface area contributed by atoms with E-state index in [0.717, 1.165) is 18.4 Å². The van der Waals surface area contributed by atoms with E-state index in [9.17, 15) is 9.59 Å². The first-order valence-electron chi connectivity index (χ1n) is 7.14. The Hall–Kier alpha value is -1.91. The lowest BCUT2D eigenvalue weighted by molar-refractivity contribution is -0.136. The fraction of sp³-hybridized carbons (Fsp3) is 0.533. The Morgan fingerprint density at radius 2 is 2.00 bits per heavy atom. The monoisotopic (exact) mass is 273 g/mol. The summed E-state index contributed by atoms with van der Waals surface area (Å²) in [7, 11) is 0. The van der Waals surface area contributed by atoms with Crippen LogP contribution in [0, 0.1) is 5.92 Å². The summed E-state index contributed by atoms with van der Waals surface area (Å²) in [5, 5.41) is 2.89. The number of pyridine rings is 1. The molecule has 2 aliphatic rings. The standard InChI is InChI=1S/C15H19N3O2/c1-10-8-13(19)17-14(12-2-3-12)15(20)18(10)9-11-4-6-16-7-5-11/h4-7,10,12,14H,2-3,8-9H2,1H3,(H,17,19). The predicted molar refractivity (Wildman–Crippen MR) is 73.5 cm³/mol. The molecule has 5 heteroatoms. The Morgan fingerprint density at radius 1 is 1.30 bits per heavy atom. The first kappa shape index (κ1) is 13.1. The van der Waals surface area contributed by atoms with Gasteiger partial charge in [-0.25, -0.2) is 0 Å². The van der Waals surface area contributed by atoms with Crippen LogP contribution < -0.4 is 5.32 Å². The average molecular weight is 273 g/mol. The highest BCUT2D eigenvalue weighted by atomic mass is 16.2. The minimum absolute atomic E-state index is 0.0139. The van der Waals surface area contributed by atoms with E-state index in [1.807, 2.05) is 24.0 Å². The van der Waals surface area contributed by atoms with Crippen molar-refractivity contribution >= 4 is 11.8 Å². The maximum Gasteiger partial charge on any atom is 0.245 e. The summed E-state index contributed by atoms with van der Waals surface area (Å²) in [6.07, 6.45) is 5.90. The number of amides is 2. The lowest BCUT2D eigenvalue weighted by atomic mass is 10.1. The van der Waals surface area contributed by atoms with Crippen LogP contribution in [0.2, 0.25) is 0 Å². The highest BCUT2D eigenvalue weighted by molar-refractivity contribution is 5.91. The zero-order chi connectivity index (χ0) is 14.1. The number of nitrogens with one attached hydrogen (secondary N) is 1. The van der Waals surface area contributed by atoms with E-state index in [-0.39, 0.29) is 23.9 Å². The van der Waals surface area contributed by atoms with Crippen molar-refractivity contribution in [3.8, 4) is 0 Å². The van der Waals surface area contributed by atoms with E-state index < -0.39 is 0 Å². The van der Waals surface area contributed by atoms with Gasteiger partial charge in [-0.1, -0.05) is 0 Å². The Balaban J connectivity index is 1.82. The molecular weight excluding hydrogens is 254 g/mol. The Morgan fingerprint density at radius 3 is 2.65 bits per heavy atom. The topological polar surface area (TPSA) is 62.3 Å². The normalized spacial score (nSPS) is 27.1. The first-order chi connectivity index (χ1) is 9.65. The molecule has 0 aromatic carbocycles. The third-order valence-corrected chi connectivity index (χ3v) is 4.07. The van der Waals surface area contributed by atoms with Gasteiger partial charge in [0.05, 0.1) is 0 Å². The van der Waals surface area contributed by atoms with E-state index in [0.29, 0.717) is 18.9 Å². The van der Waals surface area contributed by atoms with Gasteiger partial charge in [0.25, 0.3) is 0 Å². The molecule has 1 saturated carbocycles. The van der Waals surface area contributed by atoms with Crippen LogP contribution >= 0.6 is 0 Å². The van der Waals surface area contributed by atoms with Crippen LogP contribution in [0.1, 0.15) is 31.7 Å². The number of carbonyl (C=O) groups excluding carboxylic acids is 2. The molecule has 1 saturated heterocycles. The zero-order valence-electron chi connectivity index (χ0n) is 11.6. The van der Waals surface area contributed by atoms with Crippen LogP contribution in [0.4, 0.5) is 0 Å². The molecule has 1 aromatic heterocycles. The van der Waals surface area contributed by atoms with Crippen molar-refractivity contribution in [1.29, 1.82) is 0 Å². The molecule has 2 unspecified atom stereocenters. The van der Waals surface area contributed by atoms with Gasteiger partial charge in [0.1, 0.15) is 6.04 Å². The molecule has 5 nitrogen and oxygen atoms in total. The summed E-state index contributed by atoms with van der Waals surface area (Å²) >= 11 is 0. The Bertz CT molecular complexity index is 513. The van der Waals surface area contributed by atoms with Crippen molar-refractivity contribution in [3.63, 3.8) is 0 Å². The van der Waals surface area contributed by atoms with Gasteiger partial charge in [0, 0.05) is 31.4 Å². The van der Waals surface area contributed by atoms with E-state index in [1.165, 1.54) is 0 Å². The molecule has 20 heavy (non-hydrogen) atoms. The predicted octanol–water partition coefficient (Wildman–Crippen LogP) is 1.10. The van der Waals surface area contributed by atoms with Gasteiger partial charge in [-0.3, -0.25) is 14.6 Å². The number of rotatable bonds is 3. The van der Waals surface area contributed by atoms with Crippen molar-refractivity contribution < 1.29 is 9.59 Å². The maximum atomic E-state index is 12.7. The number of nitrogens with zero attached hydrogens (tertiary/aromatic N) is 2. The van der Waals surface area contributed by atoms with Gasteiger partial charge in [-0.2, -0.15) is 0 Å². The molecular formula is C15H19N3O2. The zero-order valence-corrected chi connectivity index (χ0v) is 11.6. The number of aromatic nitrogens is 1. The molecule has 106 valence electrons. The molecule has 2 atom stereocenters. The van der Waals surface area contributed by atoms with Crippen LogP contribution in [-0.2, 0) is 16.1 Å². The van der Waals surface area contributed by atoms with Gasteiger partial charge in [0.15, 0.2) is 0 Å². The molecule has 0 radical (unpaired) electrons. The van der Waals surface area contributed by atoms with Crippen molar-refractivity contribution in [2.24, 2.45) is 5.92 Å². The molecule has 2 amide bonds. The molecule has 1 aliphatic carbocycles. The molecule has 0 spiro atoms. The van der Waals surface area contributed by atoms with Crippen LogP contribution in [0.5, 0.6) is 0 Å². The average Bonchev–Trinajstić information content (AvgIpc) is 3.26. The van der Waals surface area contributed by atoms with Gasteiger partial charge in [0.2, 0.25) is 11.8 Å². The molecule has 2 fully saturated rings. The van der Waals surface area contributed by atoms with Crippen molar-refractivity contribution in [3.05, 3.63) is 30.1 Å². The third-order valence-electron chi connectivity index (χ3n) is 4.07. The molecule has 1 N–H and O–H groups in total. The fourth-order valence-electron chi connectivity index (χ4n) is 2.74. The lowest BCUT2D eigenvalue weighted by Crippen LogP contribution is -2.47. The summed E-state index contributed by atoms with van der Waals surface area (Å²) in [6, 6.07) is 3.42. The van der Waals surface area contributed by atoms with Gasteiger partial charge < -0.3 is 10.2 Å². The van der Waals surface area contributed by atoms with Crippen LogP contribution in [0.15, 0.2) is 24.5 Å². The minimum Gasteiger partial charge on any atom is -0.344 e. The van der Waals surface area contributed by atoms with Gasteiger partial charge >= 0.3 is 0 Å². The van der Waals surface area contributed by atoms with E-state index in [1.54, 1.807) is 12.4 Å². The van der Waals surface area contributed by atoms with Crippen molar-refractivity contribution in [2.75, 3.05) is 0 Å². The smallest absolute Gasteiger partial charge is 0.245 e. The number of carbonyl (C=O) groups is 2. The molecule has 1 aliphatic heterocycles. The quantitative estimate of drug-likeness (QED) is 0.897. The second kappa shape index (κ2) is 5.23. The van der Waals surface area contributed by atoms with Crippen LogP contribution in [0.25, 0.3) is 0 Å². The second-order valence-electron chi connectivity index (χ2n) is 5.76. The van der Waals surface area contributed by atoms with E-state index in [2.05, 4.69) is 10.3 Å². The summed E-state index contributed by atoms with van der Waals surface area (Å²) in [6.45, 7) is 2.48. The largest absolute Gasteiger partial charge is 0.344 e. The lowest BCUT2D eigenvalue weighted by Gasteiger charge is -2.28. The molecule has 2 heterocycles. The molecule has 0 bridgehead atoms. The Kier molecular flexibility index (Phi) is 3.42. The molecule has 1 aromatic rings. The minimum atomic E-state index is -0.325. The van der Waals surface area contributed by atoms with E-state index in [4.69, 9.17) is 0 Å². The van der Waals surface area contributed by atoms with Crippen LogP contribution in [-0.4, -0.2) is 33.8 Å². The number of hydrogen-bond donors (Lipinski definition) is 1. The summed E-state index contributed by atoms with van der Waals surface area (Å²) in [5.74, 6) is 0.374. The fourth-order valence-corrected chi connectivity index (χ4v) is 2.74. The highest BCUT2D eigenvalue weighted by Gasteiger charge is 2.42. The Labute approximate surface area is 118 Å². The summed E-state index contributed by atoms with van der Waals surface area (Å²) in [5.41, 5.74) is 1.05. The van der Waals surface area contributed by atoms with Crippen molar-refractivity contribution in [1.82, 2.24) is 15.2 Å². The summed E-state index contributed by atoms with van der Waals surface area (Å²) < 4.78 is 0. The highest BCUT2D eigenvalue weighted by Crippen LogP contribution is 2.35. The summed E-state index contributed by atoms with van der Waals surface area (Å²) in [4.78, 5) is 30.4. The second-order valence-corrected chi connectivity index (χ2v) is 5.76. The van der Waals surface area contributed by atoms with Crippen molar-refractivity contribution in [2.45, 2.75) is 44.8 Å². The van der Waals surface area contributed by atoms with Gasteiger partial charge in [-0.05, 0) is 43.4 Å². The maximum absolute atomic E-state index is 12.7. The van der Waals surface area contributed by atoms with Crippen LogP contribution in [0.3, 0.4) is 0 Å². The third kappa shape index (κ3) is 2.66. The molecule has 3 rings (SSSR count). The number of hydrogen-bond acceptors (Lipinski definition) is 3. The van der Waals surface area contributed by atoms with E-state index >= 15 is 0 Å².